The normalized spacial score (nSPS) is 10.7. The second-order valence-electron chi connectivity index (χ2n) is 5.22. The number of thiazole rings is 1. The summed E-state index contributed by atoms with van der Waals surface area (Å²) in [7, 11) is 0. The fourth-order valence-corrected chi connectivity index (χ4v) is 3.68. The minimum Gasteiger partial charge on any atom is -0.300 e. The van der Waals surface area contributed by atoms with E-state index in [-0.39, 0.29) is 12.3 Å². The van der Waals surface area contributed by atoms with Crippen LogP contribution < -0.4 is 5.32 Å². The Bertz CT molecular complexity index is 800. The topological polar surface area (TPSA) is 80.7 Å². The van der Waals surface area contributed by atoms with Crippen molar-refractivity contribution in [1.82, 2.24) is 20.2 Å². The SMILES string of the molecule is CCCCc1nnc(NC(=O)Cc2csc(-c3cccnc3)n2)s1. The highest BCUT2D eigenvalue weighted by Crippen LogP contribution is 2.23. The average Bonchev–Trinajstić information content (AvgIpc) is 3.23. The third-order valence-electron chi connectivity index (χ3n) is 3.26. The summed E-state index contributed by atoms with van der Waals surface area (Å²) in [6.07, 6.45) is 6.82. The first kappa shape index (κ1) is 16.7. The Morgan fingerprint density at radius 3 is 3.04 bits per heavy atom. The smallest absolute Gasteiger partial charge is 0.232 e. The molecule has 1 amide bonds. The van der Waals surface area contributed by atoms with Crippen molar-refractivity contribution in [3.05, 3.63) is 40.6 Å². The van der Waals surface area contributed by atoms with Gasteiger partial charge in [0.05, 0.1) is 12.1 Å². The van der Waals surface area contributed by atoms with E-state index in [9.17, 15) is 4.79 Å². The number of carbonyl (C=O) groups excluding carboxylic acids is 1. The molecule has 24 heavy (non-hydrogen) atoms. The Kier molecular flexibility index (Phi) is 5.60. The minimum atomic E-state index is -0.128. The molecule has 0 aliphatic carbocycles. The van der Waals surface area contributed by atoms with Crippen LogP contribution in [0.2, 0.25) is 0 Å². The van der Waals surface area contributed by atoms with Crippen LogP contribution in [-0.2, 0) is 17.6 Å². The largest absolute Gasteiger partial charge is 0.300 e. The predicted octanol–water partition coefficient (Wildman–Crippen LogP) is 3.58. The summed E-state index contributed by atoms with van der Waals surface area (Å²) >= 11 is 2.94. The van der Waals surface area contributed by atoms with Crippen LogP contribution in [0.4, 0.5) is 5.13 Å². The first-order valence-corrected chi connectivity index (χ1v) is 9.41. The Balaban J connectivity index is 1.57. The zero-order chi connectivity index (χ0) is 16.8. The van der Waals surface area contributed by atoms with E-state index in [0.717, 1.165) is 40.5 Å². The number of nitrogens with zero attached hydrogens (tertiary/aromatic N) is 4. The molecule has 0 fully saturated rings. The van der Waals surface area contributed by atoms with Gasteiger partial charge in [-0.2, -0.15) is 0 Å². The van der Waals surface area contributed by atoms with E-state index in [2.05, 4.69) is 32.4 Å². The lowest BCUT2D eigenvalue weighted by molar-refractivity contribution is -0.115. The van der Waals surface area contributed by atoms with E-state index < -0.39 is 0 Å². The molecule has 3 aromatic heterocycles. The zero-order valence-electron chi connectivity index (χ0n) is 13.2. The van der Waals surface area contributed by atoms with Crippen molar-refractivity contribution in [2.24, 2.45) is 0 Å². The van der Waals surface area contributed by atoms with E-state index in [4.69, 9.17) is 0 Å². The highest BCUT2D eigenvalue weighted by molar-refractivity contribution is 7.15. The Hall–Kier alpha value is -2.19. The molecule has 0 radical (unpaired) electrons. The van der Waals surface area contributed by atoms with Crippen LogP contribution in [0.1, 0.15) is 30.5 Å². The molecular weight excluding hydrogens is 342 g/mol. The quantitative estimate of drug-likeness (QED) is 0.697. The molecule has 0 aliphatic rings. The second-order valence-corrected chi connectivity index (χ2v) is 7.14. The monoisotopic (exact) mass is 359 g/mol. The third kappa shape index (κ3) is 4.42. The van der Waals surface area contributed by atoms with Gasteiger partial charge in [-0.3, -0.25) is 9.78 Å². The maximum absolute atomic E-state index is 12.1. The van der Waals surface area contributed by atoms with Crippen LogP contribution in [0, 0.1) is 0 Å². The summed E-state index contributed by atoms with van der Waals surface area (Å²) < 4.78 is 0. The van der Waals surface area contributed by atoms with Crippen LogP contribution in [-0.4, -0.2) is 26.1 Å². The number of pyridine rings is 1. The molecule has 0 unspecified atom stereocenters. The van der Waals surface area contributed by atoms with Gasteiger partial charge in [-0.1, -0.05) is 24.7 Å². The van der Waals surface area contributed by atoms with E-state index >= 15 is 0 Å². The average molecular weight is 359 g/mol. The number of rotatable bonds is 7. The summed E-state index contributed by atoms with van der Waals surface area (Å²) in [6, 6.07) is 3.82. The zero-order valence-corrected chi connectivity index (χ0v) is 14.9. The first-order valence-electron chi connectivity index (χ1n) is 7.71. The molecule has 3 rings (SSSR count). The van der Waals surface area contributed by atoms with Crippen LogP contribution in [0.25, 0.3) is 10.6 Å². The lowest BCUT2D eigenvalue weighted by Crippen LogP contribution is -2.14. The second kappa shape index (κ2) is 8.07. The number of hydrogen-bond acceptors (Lipinski definition) is 7. The molecule has 0 atom stereocenters. The Morgan fingerprint density at radius 2 is 2.25 bits per heavy atom. The van der Waals surface area contributed by atoms with Crippen molar-refractivity contribution in [2.75, 3.05) is 5.32 Å². The van der Waals surface area contributed by atoms with Crippen molar-refractivity contribution in [1.29, 1.82) is 0 Å². The molecule has 3 aromatic rings. The number of unbranched alkanes of at least 4 members (excludes halogenated alkanes) is 1. The summed E-state index contributed by atoms with van der Waals surface area (Å²) in [6.45, 7) is 2.14. The highest BCUT2D eigenvalue weighted by Gasteiger charge is 2.12. The van der Waals surface area contributed by atoms with Crippen LogP contribution >= 0.6 is 22.7 Å². The maximum Gasteiger partial charge on any atom is 0.232 e. The van der Waals surface area contributed by atoms with Gasteiger partial charge in [0, 0.05) is 29.8 Å². The molecule has 124 valence electrons. The molecule has 0 aliphatic heterocycles. The maximum atomic E-state index is 12.1. The van der Waals surface area contributed by atoms with Gasteiger partial charge >= 0.3 is 0 Å². The van der Waals surface area contributed by atoms with Gasteiger partial charge < -0.3 is 5.32 Å². The lowest BCUT2D eigenvalue weighted by Gasteiger charge is -1.98. The van der Waals surface area contributed by atoms with E-state index in [1.165, 1.54) is 22.7 Å². The number of amides is 1. The summed E-state index contributed by atoms with van der Waals surface area (Å²) in [5, 5.41) is 15.2. The van der Waals surface area contributed by atoms with Crippen LogP contribution in [0.5, 0.6) is 0 Å². The van der Waals surface area contributed by atoms with Crippen molar-refractivity contribution in [2.45, 2.75) is 32.6 Å². The molecule has 0 spiro atoms. The van der Waals surface area contributed by atoms with Gasteiger partial charge in [-0.05, 0) is 18.6 Å². The number of anilines is 1. The Labute approximate surface area is 148 Å². The molecular formula is C16H17N5OS2. The van der Waals surface area contributed by atoms with Crippen LogP contribution in [0.3, 0.4) is 0 Å². The number of aryl methyl sites for hydroxylation is 1. The van der Waals surface area contributed by atoms with E-state index in [0.29, 0.717) is 5.13 Å². The van der Waals surface area contributed by atoms with Crippen molar-refractivity contribution in [3.63, 3.8) is 0 Å². The van der Waals surface area contributed by atoms with E-state index in [1.807, 2.05) is 17.5 Å². The summed E-state index contributed by atoms with van der Waals surface area (Å²) in [4.78, 5) is 20.7. The van der Waals surface area contributed by atoms with Crippen molar-refractivity contribution in [3.8, 4) is 10.6 Å². The van der Waals surface area contributed by atoms with Gasteiger partial charge in [0.15, 0.2) is 0 Å². The van der Waals surface area contributed by atoms with Crippen molar-refractivity contribution < 1.29 is 4.79 Å². The molecule has 0 saturated carbocycles. The van der Waals surface area contributed by atoms with Gasteiger partial charge in [-0.15, -0.1) is 21.5 Å². The molecule has 6 nitrogen and oxygen atoms in total. The fraction of sp³-hybridized carbons (Fsp3) is 0.312. The molecule has 3 heterocycles. The number of aromatic nitrogens is 4. The Morgan fingerprint density at radius 1 is 1.33 bits per heavy atom. The van der Waals surface area contributed by atoms with Gasteiger partial charge in [-0.25, -0.2) is 4.98 Å². The minimum absolute atomic E-state index is 0.128. The molecule has 0 aromatic carbocycles. The fourth-order valence-electron chi connectivity index (χ4n) is 2.07. The summed E-state index contributed by atoms with van der Waals surface area (Å²) in [5.74, 6) is -0.128. The highest BCUT2D eigenvalue weighted by atomic mass is 32.1. The van der Waals surface area contributed by atoms with E-state index in [1.54, 1.807) is 12.4 Å². The lowest BCUT2D eigenvalue weighted by atomic mass is 10.3. The standard InChI is InChI=1S/C16H17N5OS2/c1-2-3-6-14-20-21-16(24-14)19-13(22)8-12-10-23-15(18-12)11-5-4-7-17-9-11/h4-5,7,9-10H,2-3,6,8H2,1H3,(H,19,21,22). The molecule has 0 saturated heterocycles. The first-order chi connectivity index (χ1) is 11.7. The molecule has 8 heteroatoms. The predicted molar refractivity (Wildman–Crippen MR) is 96.2 cm³/mol. The van der Waals surface area contributed by atoms with Crippen LogP contribution in [0.15, 0.2) is 29.9 Å². The van der Waals surface area contributed by atoms with Gasteiger partial charge in [0.1, 0.15) is 10.0 Å². The summed E-state index contributed by atoms with van der Waals surface area (Å²) in [5.41, 5.74) is 1.70. The van der Waals surface area contributed by atoms with Gasteiger partial charge in [0.2, 0.25) is 11.0 Å². The molecule has 1 N–H and O–H groups in total. The number of carbonyl (C=O) groups is 1. The van der Waals surface area contributed by atoms with Gasteiger partial charge in [0.25, 0.3) is 0 Å². The third-order valence-corrected chi connectivity index (χ3v) is 5.10. The number of nitrogens with one attached hydrogen (secondary N) is 1. The number of hydrogen-bond donors (Lipinski definition) is 1. The molecule has 0 bridgehead atoms. The van der Waals surface area contributed by atoms with Crippen molar-refractivity contribution >= 4 is 33.7 Å².